The summed E-state index contributed by atoms with van der Waals surface area (Å²) in [6, 6.07) is 0. The quantitative estimate of drug-likeness (QED) is 0.253. The Balaban J connectivity index is 1.61. The number of halogens is 2. The molecule has 0 amide bonds. The van der Waals surface area contributed by atoms with Gasteiger partial charge < -0.3 is 14.6 Å². The lowest BCUT2D eigenvalue weighted by atomic mass is 9.95. The molecule has 6 atom stereocenters. The van der Waals surface area contributed by atoms with Crippen molar-refractivity contribution >= 4 is 23.7 Å². The van der Waals surface area contributed by atoms with Crippen LogP contribution in [0, 0.1) is 5.82 Å². The second-order valence-electron chi connectivity index (χ2n) is 9.70. The first-order valence-electron chi connectivity index (χ1n) is 11.8. The third-order valence-electron chi connectivity index (χ3n) is 6.05. The largest absolute Gasteiger partial charge is 0.408 e. The Morgan fingerprint density at radius 2 is 2.08 bits per heavy atom. The number of rotatable bonds is 11. The van der Waals surface area contributed by atoms with Gasteiger partial charge in [0.05, 0.1) is 31.6 Å². The van der Waals surface area contributed by atoms with E-state index < -0.39 is 43.2 Å². The van der Waals surface area contributed by atoms with E-state index in [0.29, 0.717) is 18.3 Å². The normalized spacial score (nSPS) is 29.9. The van der Waals surface area contributed by atoms with Crippen LogP contribution in [0.1, 0.15) is 46.3 Å². The van der Waals surface area contributed by atoms with Crippen molar-refractivity contribution in [3.63, 3.8) is 0 Å². The molecule has 1 aromatic rings. The average Bonchev–Trinajstić information content (AvgIpc) is 3.14. The summed E-state index contributed by atoms with van der Waals surface area (Å²) in [5.74, 6) is -1.16. The van der Waals surface area contributed by atoms with Gasteiger partial charge in [0.15, 0.2) is 0 Å². The number of aliphatic hydroxyl groups is 1. The number of aromatic amines is 1. The fourth-order valence-electron chi connectivity index (χ4n) is 4.35. The van der Waals surface area contributed by atoms with Gasteiger partial charge in [-0.15, -0.1) is 0 Å². The summed E-state index contributed by atoms with van der Waals surface area (Å²) in [6.07, 6.45) is -1.31. The van der Waals surface area contributed by atoms with Gasteiger partial charge in [-0.1, -0.05) is 15.9 Å². The van der Waals surface area contributed by atoms with Crippen molar-refractivity contribution in [2.24, 2.45) is 0 Å². The minimum atomic E-state index is -3.78. The molecule has 0 bridgehead atoms. The third kappa shape index (κ3) is 7.55. The third-order valence-corrected chi connectivity index (χ3v) is 8.42. The maximum atomic E-state index is 13.7. The van der Waals surface area contributed by atoms with Crippen LogP contribution < -0.4 is 16.6 Å². The first kappa shape index (κ1) is 29.6. The van der Waals surface area contributed by atoms with Crippen molar-refractivity contribution in [1.29, 1.82) is 0 Å². The summed E-state index contributed by atoms with van der Waals surface area (Å²) < 4.78 is 52.6. The Kier molecular flexibility index (Phi) is 10.1. The summed E-state index contributed by atoms with van der Waals surface area (Å²) >= 11 is 3.31. The highest BCUT2D eigenvalue weighted by Crippen LogP contribution is 2.51. The van der Waals surface area contributed by atoms with E-state index in [2.05, 4.69) is 35.1 Å². The van der Waals surface area contributed by atoms with Crippen molar-refractivity contribution in [2.45, 2.75) is 76.3 Å². The topological polar surface area (TPSA) is 144 Å². The molecular weight excluding hydrogens is 566 g/mol. The van der Waals surface area contributed by atoms with E-state index in [0.717, 1.165) is 17.2 Å². The maximum Gasteiger partial charge on any atom is 0.408 e. The fraction of sp³-hybridized carbons (Fsp3) is 0.810. The molecule has 1 aromatic heterocycles. The molecule has 0 aromatic carbocycles. The van der Waals surface area contributed by atoms with Crippen molar-refractivity contribution in [1.82, 2.24) is 19.5 Å². The minimum absolute atomic E-state index is 0.0551. The number of hydrogen-bond donors (Lipinski definition) is 3. The molecule has 0 aliphatic carbocycles. The summed E-state index contributed by atoms with van der Waals surface area (Å²) in [6.45, 7) is 6.34. The molecule has 206 valence electrons. The van der Waals surface area contributed by atoms with Crippen LogP contribution in [-0.4, -0.2) is 81.5 Å². The minimum Gasteiger partial charge on any atom is -0.390 e. The molecule has 3 N–H and O–H groups in total. The smallest absolute Gasteiger partial charge is 0.390 e. The van der Waals surface area contributed by atoms with E-state index in [4.69, 9.17) is 18.5 Å². The fourth-order valence-corrected chi connectivity index (χ4v) is 6.64. The Labute approximate surface area is 217 Å². The van der Waals surface area contributed by atoms with Gasteiger partial charge in [-0.05, 0) is 34.2 Å². The molecule has 2 aliphatic heterocycles. The number of hydrogen-bond acceptors (Lipinski definition) is 9. The van der Waals surface area contributed by atoms with Gasteiger partial charge in [0.1, 0.15) is 18.6 Å². The van der Waals surface area contributed by atoms with Crippen LogP contribution in [0.5, 0.6) is 0 Å². The molecule has 0 spiro atoms. The Hall–Kier alpha value is -0.960. The number of alkyl halides is 1. The van der Waals surface area contributed by atoms with Gasteiger partial charge in [-0.2, -0.15) is 4.39 Å². The SMILES string of the molecule is CC1CC(C)(C)NC(CCOP(=O)(OCC2OC(n3cc(F)c(=O)[nH]c3=O)CC2O)N(C)CCBr)O1. The van der Waals surface area contributed by atoms with Gasteiger partial charge in [-0.25, -0.2) is 14.0 Å². The molecule has 2 fully saturated rings. The average molecular weight is 601 g/mol. The molecule has 6 unspecified atom stereocenters. The Morgan fingerprint density at radius 1 is 1.36 bits per heavy atom. The predicted octanol–water partition coefficient (Wildman–Crippen LogP) is 1.69. The lowest BCUT2D eigenvalue weighted by Gasteiger charge is -2.40. The van der Waals surface area contributed by atoms with E-state index in [-0.39, 0.29) is 37.5 Å². The summed E-state index contributed by atoms with van der Waals surface area (Å²) in [5.41, 5.74) is -2.12. The molecule has 12 nitrogen and oxygen atoms in total. The van der Waals surface area contributed by atoms with Crippen molar-refractivity contribution in [2.75, 3.05) is 32.1 Å². The van der Waals surface area contributed by atoms with Gasteiger partial charge in [-0.3, -0.25) is 28.7 Å². The molecule has 36 heavy (non-hydrogen) atoms. The highest BCUT2D eigenvalue weighted by atomic mass is 79.9. The van der Waals surface area contributed by atoms with Crippen LogP contribution in [0.2, 0.25) is 0 Å². The first-order valence-corrected chi connectivity index (χ1v) is 14.4. The van der Waals surface area contributed by atoms with Gasteiger partial charge in [0.25, 0.3) is 5.56 Å². The summed E-state index contributed by atoms with van der Waals surface area (Å²) in [5, 5.41) is 14.3. The first-order chi connectivity index (χ1) is 16.8. The van der Waals surface area contributed by atoms with Crippen LogP contribution in [-0.2, 0) is 23.1 Å². The van der Waals surface area contributed by atoms with E-state index in [9.17, 15) is 23.7 Å². The number of aromatic nitrogens is 2. The second kappa shape index (κ2) is 12.3. The number of aliphatic hydroxyl groups excluding tert-OH is 1. The standard InChI is InChI=1S/C21H35BrFN4O8P/c1-13-10-21(2,3)25-17(34-13)5-8-32-36(31,26(4)7-6-22)33-12-16-15(28)9-18(35-16)27-11-14(23)19(29)24-20(27)30/h11,13,15-18,25,28H,5-10,12H2,1-4H3,(H,24,29,30). The molecule has 3 rings (SSSR count). The van der Waals surface area contributed by atoms with Crippen LogP contribution in [0.4, 0.5) is 4.39 Å². The van der Waals surface area contributed by atoms with E-state index >= 15 is 0 Å². The molecule has 0 radical (unpaired) electrons. The highest BCUT2D eigenvalue weighted by molar-refractivity contribution is 9.09. The van der Waals surface area contributed by atoms with Crippen LogP contribution in [0.15, 0.2) is 15.8 Å². The van der Waals surface area contributed by atoms with Crippen LogP contribution in [0.3, 0.4) is 0 Å². The maximum absolute atomic E-state index is 13.7. The van der Waals surface area contributed by atoms with Gasteiger partial charge >= 0.3 is 13.4 Å². The molecule has 15 heteroatoms. The molecule has 2 saturated heterocycles. The lowest BCUT2D eigenvalue weighted by Crippen LogP contribution is -2.55. The Morgan fingerprint density at radius 3 is 2.75 bits per heavy atom. The van der Waals surface area contributed by atoms with Crippen LogP contribution in [0.25, 0.3) is 0 Å². The predicted molar refractivity (Wildman–Crippen MR) is 133 cm³/mol. The highest BCUT2D eigenvalue weighted by Gasteiger charge is 2.40. The Bertz CT molecular complexity index is 1060. The zero-order valence-corrected chi connectivity index (χ0v) is 23.3. The number of H-pyrrole nitrogens is 1. The summed E-state index contributed by atoms with van der Waals surface area (Å²) in [4.78, 5) is 25.2. The van der Waals surface area contributed by atoms with E-state index in [1.807, 2.05) is 11.9 Å². The zero-order chi connectivity index (χ0) is 26.7. The van der Waals surface area contributed by atoms with Crippen molar-refractivity contribution in [3.05, 3.63) is 32.9 Å². The molecule has 2 aliphatic rings. The van der Waals surface area contributed by atoms with Gasteiger partial charge in [0.2, 0.25) is 5.82 Å². The van der Waals surface area contributed by atoms with Crippen LogP contribution >= 0.6 is 23.7 Å². The van der Waals surface area contributed by atoms with Crippen molar-refractivity contribution < 1.29 is 32.6 Å². The summed E-state index contributed by atoms with van der Waals surface area (Å²) in [7, 11) is -2.19. The molecule has 0 saturated carbocycles. The second-order valence-corrected chi connectivity index (χ2v) is 12.6. The number of ether oxygens (including phenoxy) is 2. The van der Waals surface area contributed by atoms with Crippen molar-refractivity contribution in [3.8, 4) is 0 Å². The van der Waals surface area contributed by atoms with Gasteiger partial charge in [0, 0.05) is 30.3 Å². The number of nitrogens with one attached hydrogen (secondary N) is 2. The molecule has 3 heterocycles. The van der Waals surface area contributed by atoms with E-state index in [1.165, 1.54) is 4.67 Å². The monoisotopic (exact) mass is 600 g/mol. The molecular formula is C21H35BrFN4O8P. The van der Waals surface area contributed by atoms with E-state index in [1.54, 1.807) is 7.05 Å². The zero-order valence-electron chi connectivity index (χ0n) is 20.8. The number of nitrogens with zero attached hydrogens (tertiary/aromatic N) is 2. The lowest BCUT2D eigenvalue weighted by molar-refractivity contribution is -0.0943.